The second-order valence-electron chi connectivity index (χ2n) is 1.24. The average Bonchev–Trinajstić information content (AvgIpc) is 1.69. The zero-order chi connectivity index (χ0) is 5.54. The molecule has 0 aliphatic carbocycles. The Bertz CT molecular complexity index is 64.6. The lowest BCUT2D eigenvalue weighted by molar-refractivity contribution is 1.21. The van der Waals surface area contributed by atoms with Crippen LogP contribution in [0.2, 0.25) is 6.32 Å². The van der Waals surface area contributed by atoms with Crippen LogP contribution in [-0.2, 0) is 0 Å². The molecule has 0 unspecified atom stereocenters. The standard InChI is InChI=1S/C6H9B/c1-2-3-4-5-6-7/h2-4H,1,5-6H2/b4-3+. The van der Waals surface area contributed by atoms with E-state index in [0.717, 1.165) is 12.7 Å². The van der Waals surface area contributed by atoms with E-state index in [4.69, 9.17) is 7.85 Å². The van der Waals surface area contributed by atoms with E-state index in [1.165, 1.54) is 0 Å². The van der Waals surface area contributed by atoms with E-state index in [2.05, 4.69) is 6.58 Å². The molecule has 0 aliphatic heterocycles. The van der Waals surface area contributed by atoms with Gasteiger partial charge in [0.25, 0.3) is 0 Å². The van der Waals surface area contributed by atoms with E-state index in [-0.39, 0.29) is 0 Å². The first-order chi connectivity index (χ1) is 3.41. The molecule has 0 atom stereocenters. The Labute approximate surface area is 46.3 Å². The maximum absolute atomic E-state index is 5.18. The van der Waals surface area contributed by atoms with Crippen molar-refractivity contribution in [2.24, 2.45) is 0 Å². The predicted octanol–water partition coefficient (Wildman–Crippen LogP) is 1.71. The van der Waals surface area contributed by atoms with Gasteiger partial charge in [0, 0.05) is 0 Å². The van der Waals surface area contributed by atoms with E-state index < -0.39 is 0 Å². The number of hydrogen-bond acceptors (Lipinski definition) is 0. The van der Waals surface area contributed by atoms with Crippen molar-refractivity contribution in [3.05, 3.63) is 24.8 Å². The summed E-state index contributed by atoms with van der Waals surface area (Å²) < 4.78 is 0. The van der Waals surface area contributed by atoms with Crippen molar-refractivity contribution in [2.75, 3.05) is 0 Å². The van der Waals surface area contributed by atoms with Gasteiger partial charge in [-0.25, -0.2) is 0 Å². The topological polar surface area (TPSA) is 0 Å². The Morgan fingerprint density at radius 3 is 2.71 bits per heavy atom. The molecule has 36 valence electrons. The molecule has 1 heteroatoms. The van der Waals surface area contributed by atoms with Crippen LogP contribution in [-0.4, -0.2) is 7.85 Å². The highest BCUT2D eigenvalue weighted by molar-refractivity contribution is 6.08. The van der Waals surface area contributed by atoms with E-state index in [1.54, 1.807) is 6.08 Å². The molecular formula is C6H9B. The summed E-state index contributed by atoms with van der Waals surface area (Å²) in [5, 5.41) is 0. The normalized spacial score (nSPS) is 9.71. The Morgan fingerprint density at radius 2 is 2.29 bits per heavy atom. The van der Waals surface area contributed by atoms with Crippen molar-refractivity contribution in [1.29, 1.82) is 0 Å². The van der Waals surface area contributed by atoms with Crippen LogP contribution in [0.1, 0.15) is 6.42 Å². The van der Waals surface area contributed by atoms with Crippen LogP contribution in [0.15, 0.2) is 24.8 Å². The van der Waals surface area contributed by atoms with Gasteiger partial charge in [0.2, 0.25) is 0 Å². The van der Waals surface area contributed by atoms with Crippen molar-refractivity contribution < 1.29 is 0 Å². The molecule has 0 nitrogen and oxygen atoms in total. The van der Waals surface area contributed by atoms with Crippen LogP contribution in [0.4, 0.5) is 0 Å². The Morgan fingerprint density at radius 1 is 1.57 bits per heavy atom. The van der Waals surface area contributed by atoms with Gasteiger partial charge in [0.1, 0.15) is 0 Å². The molecule has 0 aromatic rings. The fourth-order valence-electron chi connectivity index (χ4n) is 0.289. The molecule has 0 spiro atoms. The molecule has 0 fully saturated rings. The molecule has 0 amide bonds. The van der Waals surface area contributed by atoms with E-state index >= 15 is 0 Å². The van der Waals surface area contributed by atoms with Gasteiger partial charge in [0.05, 0.1) is 7.85 Å². The molecule has 0 saturated heterocycles. The monoisotopic (exact) mass is 92.1 g/mol. The number of rotatable bonds is 3. The largest absolute Gasteiger partial charge is 0.0991 e. The van der Waals surface area contributed by atoms with Gasteiger partial charge >= 0.3 is 0 Å². The lowest BCUT2D eigenvalue weighted by atomic mass is 10.0. The van der Waals surface area contributed by atoms with Gasteiger partial charge < -0.3 is 0 Å². The average molecular weight is 91.9 g/mol. The molecule has 0 bridgehead atoms. The van der Waals surface area contributed by atoms with Crippen molar-refractivity contribution in [1.82, 2.24) is 0 Å². The molecule has 0 heterocycles. The molecule has 0 aromatic carbocycles. The fourth-order valence-corrected chi connectivity index (χ4v) is 0.289. The second kappa shape index (κ2) is 5.54. The fraction of sp³-hybridized carbons (Fsp3) is 0.333. The lowest BCUT2D eigenvalue weighted by Crippen LogP contribution is -1.61. The Balaban J connectivity index is 2.92. The van der Waals surface area contributed by atoms with Crippen molar-refractivity contribution in [3.8, 4) is 0 Å². The molecule has 0 aliphatic rings. The molecule has 2 radical (unpaired) electrons. The first kappa shape index (κ1) is 6.54. The van der Waals surface area contributed by atoms with Crippen LogP contribution in [0, 0.1) is 0 Å². The zero-order valence-corrected chi connectivity index (χ0v) is 4.43. The van der Waals surface area contributed by atoms with Crippen LogP contribution in [0.5, 0.6) is 0 Å². The molecule has 0 aromatic heterocycles. The van der Waals surface area contributed by atoms with Crippen LogP contribution >= 0.6 is 0 Å². The summed E-state index contributed by atoms with van der Waals surface area (Å²) in [5.74, 6) is 0. The third kappa shape index (κ3) is 5.54. The highest BCUT2D eigenvalue weighted by Gasteiger charge is 1.66. The van der Waals surface area contributed by atoms with E-state index in [0.29, 0.717) is 0 Å². The summed E-state index contributed by atoms with van der Waals surface area (Å²) in [7, 11) is 5.18. The van der Waals surface area contributed by atoms with Gasteiger partial charge in [-0.3, -0.25) is 0 Å². The number of allylic oxidation sites excluding steroid dienone is 3. The Kier molecular flexibility index (Phi) is 5.18. The molecule has 0 N–H and O–H groups in total. The van der Waals surface area contributed by atoms with Crippen LogP contribution in [0.3, 0.4) is 0 Å². The van der Waals surface area contributed by atoms with Gasteiger partial charge in [-0.2, -0.15) is 0 Å². The van der Waals surface area contributed by atoms with Crippen LogP contribution in [0.25, 0.3) is 0 Å². The van der Waals surface area contributed by atoms with Gasteiger partial charge in [0.15, 0.2) is 0 Å². The maximum Gasteiger partial charge on any atom is 0.0657 e. The zero-order valence-electron chi connectivity index (χ0n) is 4.43. The predicted molar refractivity (Wildman–Crippen MR) is 34.5 cm³/mol. The second-order valence-corrected chi connectivity index (χ2v) is 1.24. The molecule has 0 rings (SSSR count). The highest BCUT2D eigenvalue weighted by atomic mass is 13.7. The van der Waals surface area contributed by atoms with Crippen LogP contribution < -0.4 is 0 Å². The summed E-state index contributed by atoms with van der Waals surface area (Å²) >= 11 is 0. The van der Waals surface area contributed by atoms with Crippen molar-refractivity contribution in [2.45, 2.75) is 12.7 Å². The summed E-state index contributed by atoms with van der Waals surface area (Å²) in [6.07, 6.45) is 7.31. The Hall–Kier alpha value is -0.455. The quantitative estimate of drug-likeness (QED) is 0.367. The summed E-state index contributed by atoms with van der Waals surface area (Å²) in [5.41, 5.74) is 0. The van der Waals surface area contributed by atoms with Crippen molar-refractivity contribution >= 4 is 7.85 Å². The van der Waals surface area contributed by atoms with E-state index in [9.17, 15) is 0 Å². The van der Waals surface area contributed by atoms with Crippen molar-refractivity contribution in [3.63, 3.8) is 0 Å². The minimum atomic E-state index is 0.727. The molecule has 7 heavy (non-hydrogen) atoms. The third-order valence-corrected chi connectivity index (χ3v) is 0.605. The smallest absolute Gasteiger partial charge is 0.0657 e. The SMILES string of the molecule is [B]CC/C=C/C=C. The summed E-state index contributed by atoms with van der Waals surface area (Å²) in [6.45, 7) is 3.50. The van der Waals surface area contributed by atoms with E-state index in [1.807, 2.05) is 12.2 Å². The maximum atomic E-state index is 5.18. The minimum Gasteiger partial charge on any atom is -0.0991 e. The van der Waals surface area contributed by atoms with Gasteiger partial charge in [-0.1, -0.05) is 31.1 Å². The summed E-state index contributed by atoms with van der Waals surface area (Å²) in [6, 6.07) is 0. The molecule has 0 saturated carbocycles. The summed E-state index contributed by atoms with van der Waals surface area (Å²) in [4.78, 5) is 0. The number of hydrogen-bond donors (Lipinski definition) is 0. The third-order valence-electron chi connectivity index (χ3n) is 0.605. The molecular weight excluding hydrogens is 82.9 g/mol. The highest BCUT2D eigenvalue weighted by Crippen LogP contribution is 1.85. The van der Waals surface area contributed by atoms with Gasteiger partial charge in [-0.15, -0.1) is 0 Å². The van der Waals surface area contributed by atoms with Gasteiger partial charge in [-0.05, 0) is 6.42 Å². The minimum absolute atomic E-state index is 0.727. The first-order valence-corrected chi connectivity index (χ1v) is 2.39. The first-order valence-electron chi connectivity index (χ1n) is 2.39. The lowest BCUT2D eigenvalue weighted by Gasteiger charge is -1.77.